The Morgan fingerprint density at radius 1 is 1.03 bits per heavy atom. The lowest BCUT2D eigenvalue weighted by Gasteiger charge is -2.31. The molecule has 7 nitrogen and oxygen atoms in total. The Kier molecular flexibility index (Phi) is 7.43. The second-order valence-corrected chi connectivity index (χ2v) is 9.84. The van der Waals surface area contributed by atoms with E-state index in [1.54, 1.807) is 0 Å². The molecule has 4 rings (SSSR count). The molecule has 2 aliphatic rings. The maximum Gasteiger partial charge on any atom is 0.407 e. The molecule has 35 heavy (non-hydrogen) atoms. The highest BCUT2D eigenvalue weighted by Gasteiger charge is 2.43. The van der Waals surface area contributed by atoms with Crippen molar-refractivity contribution < 1.29 is 24.2 Å². The lowest BCUT2D eigenvalue weighted by atomic mass is 9.84. The van der Waals surface area contributed by atoms with Gasteiger partial charge < -0.3 is 20.5 Å². The van der Waals surface area contributed by atoms with Crippen LogP contribution >= 0.6 is 0 Å². The number of carboxylic acid groups (broad SMARTS) is 1. The number of rotatable bonds is 9. The van der Waals surface area contributed by atoms with Crippen LogP contribution in [0.1, 0.15) is 63.0 Å². The van der Waals surface area contributed by atoms with Crippen LogP contribution in [-0.2, 0) is 14.3 Å². The van der Waals surface area contributed by atoms with Crippen molar-refractivity contribution in [2.45, 2.75) is 57.9 Å². The monoisotopic (exact) mass is 478 g/mol. The van der Waals surface area contributed by atoms with Crippen molar-refractivity contribution in [3.63, 3.8) is 0 Å². The Bertz CT molecular complexity index is 1050. The quantitative estimate of drug-likeness (QED) is 0.485. The average Bonchev–Trinajstić information content (AvgIpc) is 3.48. The lowest BCUT2D eigenvalue weighted by molar-refractivity contribution is -0.145. The average molecular weight is 479 g/mol. The number of hydrogen-bond acceptors (Lipinski definition) is 4. The fourth-order valence-corrected chi connectivity index (χ4v) is 5.40. The van der Waals surface area contributed by atoms with Gasteiger partial charge in [0, 0.05) is 12.5 Å². The van der Waals surface area contributed by atoms with E-state index in [1.807, 2.05) is 38.1 Å². The fourth-order valence-electron chi connectivity index (χ4n) is 5.40. The van der Waals surface area contributed by atoms with Crippen molar-refractivity contribution in [3.05, 3.63) is 59.7 Å². The molecule has 0 bridgehead atoms. The number of amides is 2. The molecule has 0 radical (unpaired) electrons. The molecule has 0 aromatic heterocycles. The number of alkyl carbamates (subject to hydrolysis) is 1. The Hall–Kier alpha value is -3.35. The number of ether oxygens (including phenoxy) is 1. The molecule has 7 heteroatoms. The zero-order valence-corrected chi connectivity index (χ0v) is 20.4. The molecule has 2 unspecified atom stereocenters. The van der Waals surface area contributed by atoms with Crippen molar-refractivity contribution >= 4 is 18.0 Å². The Labute approximate surface area is 206 Å². The van der Waals surface area contributed by atoms with Gasteiger partial charge >= 0.3 is 12.1 Å². The molecule has 0 heterocycles. The van der Waals surface area contributed by atoms with Gasteiger partial charge in [-0.2, -0.15) is 0 Å². The summed E-state index contributed by atoms with van der Waals surface area (Å²) < 4.78 is 5.62. The maximum absolute atomic E-state index is 13.2. The van der Waals surface area contributed by atoms with E-state index in [9.17, 15) is 19.5 Å². The van der Waals surface area contributed by atoms with Crippen LogP contribution < -0.4 is 10.6 Å². The SMILES string of the molecule is CCC(C)C(NC(=O)C1(CNC(=O)OCC2c3ccccc3-c3ccccc32)CCCC1)C(=O)O. The van der Waals surface area contributed by atoms with Gasteiger partial charge in [-0.1, -0.05) is 81.6 Å². The standard InChI is InChI=1S/C28H34N2O5/c1-3-18(2)24(25(31)32)30-26(33)28(14-8-9-15-28)17-29-27(34)35-16-23-21-12-6-4-10-19(21)20-11-5-7-13-22(20)23/h4-7,10-13,18,23-24H,3,8-9,14-17H2,1-2H3,(H,29,34)(H,30,33)(H,31,32). The van der Waals surface area contributed by atoms with E-state index in [2.05, 4.69) is 34.9 Å². The molecular formula is C28H34N2O5. The first-order valence-corrected chi connectivity index (χ1v) is 12.5. The van der Waals surface area contributed by atoms with Gasteiger partial charge in [0.2, 0.25) is 5.91 Å². The summed E-state index contributed by atoms with van der Waals surface area (Å²) in [5.41, 5.74) is 3.78. The predicted octanol–water partition coefficient (Wildman–Crippen LogP) is 4.70. The highest BCUT2D eigenvalue weighted by molar-refractivity contribution is 5.88. The molecule has 0 aliphatic heterocycles. The van der Waals surface area contributed by atoms with Gasteiger partial charge in [-0.25, -0.2) is 9.59 Å². The van der Waals surface area contributed by atoms with Crippen molar-refractivity contribution in [3.8, 4) is 11.1 Å². The van der Waals surface area contributed by atoms with Gasteiger partial charge in [0.05, 0.1) is 5.41 Å². The summed E-state index contributed by atoms with van der Waals surface area (Å²) in [6, 6.07) is 15.3. The summed E-state index contributed by atoms with van der Waals surface area (Å²) >= 11 is 0. The van der Waals surface area contributed by atoms with Crippen LogP contribution in [0, 0.1) is 11.3 Å². The second kappa shape index (κ2) is 10.5. The van der Waals surface area contributed by atoms with Gasteiger partial charge in [-0.15, -0.1) is 0 Å². The third-order valence-corrected chi connectivity index (χ3v) is 7.72. The molecule has 1 saturated carbocycles. The summed E-state index contributed by atoms with van der Waals surface area (Å²) in [6.07, 6.45) is 3.01. The Morgan fingerprint density at radius 3 is 2.14 bits per heavy atom. The highest BCUT2D eigenvalue weighted by Crippen LogP contribution is 2.44. The third kappa shape index (κ3) is 5.04. The largest absolute Gasteiger partial charge is 0.480 e. The van der Waals surface area contributed by atoms with Gasteiger partial charge in [-0.3, -0.25) is 4.79 Å². The van der Waals surface area contributed by atoms with E-state index in [4.69, 9.17) is 4.74 Å². The summed E-state index contributed by atoms with van der Waals surface area (Å²) in [5.74, 6) is -1.57. The lowest BCUT2D eigenvalue weighted by Crippen LogP contribution is -2.53. The van der Waals surface area contributed by atoms with Crippen LogP contribution in [0.15, 0.2) is 48.5 Å². The smallest absolute Gasteiger partial charge is 0.407 e. The minimum Gasteiger partial charge on any atom is -0.480 e. The number of nitrogens with one attached hydrogen (secondary N) is 2. The number of aliphatic carboxylic acids is 1. The van der Waals surface area contributed by atoms with Crippen LogP contribution in [0.3, 0.4) is 0 Å². The van der Waals surface area contributed by atoms with E-state index in [0.717, 1.165) is 35.1 Å². The summed E-state index contributed by atoms with van der Waals surface area (Å²) in [4.78, 5) is 37.6. The van der Waals surface area contributed by atoms with Crippen LogP contribution in [0.25, 0.3) is 11.1 Å². The van der Waals surface area contributed by atoms with Gasteiger partial charge in [-0.05, 0) is 41.0 Å². The minimum atomic E-state index is -1.04. The van der Waals surface area contributed by atoms with E-state index in [1.165, 1.54) is 0 Å². The first-order chi connectivity index (χ1) is 16.9. The Balaban J connectivity index is 1.38. The summed E-state index contributed by atoms with van der Waals surface area (Å²) in [5, 5.41) is 15.1. The fraction of sp³-hybridized carbons (Fsp3) is 0.464. The molecule has 2 aromatic rings. The normalized spacial score (nSPS) is 17.7. The minimum absolute atomic E-state index is 0.0382. The zero-order valence-electron chi connectivity index (χ0n) is 20.4. The highest BCUT2D eigenvalue weighted by atomic mass is 16.5. The van der Waals surface area contributed by atoms with Gasteiger partial charge in [0.25, 0.3) is 0 Å². The summed E-state index contributed by atoms with van der Waals surface area (Å²) in [7, 11) is 0. The molecule has 2 amide bonds. The zero-order chi connectivity index (χ0) is 25.0. The molecule has 0 spiro atoms. The van der Waals surface area contributed by atoms with Crippen LogP contribution in [-0.4, -0.2) is 42.3 Å². The summed E-state index contributed by atoms with van der Waals surface area (Å²) in [6.45, 7) is 4.04. The van der Waals surface area contributed by atoms with Gasteiger partial charge in [0.1, 0.15) is 12.6 Å². The van der Waals surface area contributed by atoms with Crippen LogP contribution in [0.2, 0.25) is 0 Å². The van der Waals surface area contributed by atoms with Crippen molar-refractivity contribution in [1.29, 1.82) is 0 Å². The van der Waals surface area contributed by atoms with Crippen molar-refractivity contribution in [2.24, 2.45) is 11.3 Å². The molecular weight excluding hydrogens is 444 g/mol. The van der Waals surface area contributed by atoms with E-state index < -0.39 is 23.5 Å². The van der Waals surface area contributed by atoms with Crippen molar-refractivity contribution in [2.75, 3.05) is 13.2 Å². The maximum atomic E-state index is 13.2. The van der Waals surface area contributed by atoms with Gasteiger partial charge in [0.15, 0.2) is 0 Å². The molecule has 3 N–H and O–H groups in total. The second-order valence-electron chi connectivity index (χ2n) is 9.84. The first kappa shape index (κ1) is 24.8. The molecule has 1 fully saturated rings. The number of benzene rings is 2. The molecule has 186 valence electrons. The predicted molar refractivity (Wildman–Crippen MR) is 133 cm³/mol. The topological polar surface area (TPSA) is 105 Å². The molecule has 0 saturated heterocycles. The molecule has 2 aliphatic carbocycles. The van der Waals surface area contributed by atoms with Crippen LogP contribution in [0.5, 0.6) is 0 Å². The number of carboxylic acids is 1. The molecule has 2 atom stereocenters. The van der Waals surface area contributed by atoms with E-state index in [-0.39, 0.29) is 30.9 Å². The Morgan fingerprint density at radius 2 is 1.60 bits per heavy atom. The number of hydrogen-bond donors (Lipinski definition) is 3. The van der Waals surface area contributed by atoms with E-state index in [0.29, 0.717) is 19.3 Å². The number of carbonyl (C=O) groups is 3. The number of carbonyl (C=O) groups excluding carboxylic acids is 2. The third-order valence-electron chi connectivity index (χ3n) is 7.72. The van der Waals surface area contributed by atoms with Crippen LogP contribution in [0.4, 0.5) is 4.79 Å². The first-order valence-electron chi connectivity index (χ1n) is 12.5. The van der Waals surface area contributed by atoms with E-state index >= 15 is 0 Å². The molecule has 2 aromatic carbocycles. The number of fused-ring (bicyclic) bond motifs is 3. The van der Waals surface area contributed by atoms with Crippen molar-refractivity contribution in [1.82, 2.24) is 10.6 Å².